The molecule has 0 bridgehead atoms. The number of fused-ring (bicyclic) bond motifs is 1. The van der Waals surface area contributed by atoms with Crippen molar-refractivity contribution in [2.24, 2.45) is 7.05 Å². The van der Waals surface area contributed by atoms with Crippen LogP contribution in [0.15, 0.2) is 102 Å². The highest BCUT2D eigenvalue weighted by atomic mass is 16.3. The van der Waals surface area contributed by atoms with Crippen LogP contribution in [0.1, 0.15) is 54.4 Å². The number of carbonyl (C=O) groups is 1. The number of aromatic nitrogens is 1. The lowest BCUT2D eigenvalue weighted by atomic mass is 9.63. The summed E-state index contributed by atoms with van der Waals surface area (Å²) in [6, 6.07) is 24.8. The molecule has 39 heavy (non-hydrogen) atoms. The fraction of sp³-hybridized carbons (Fsp3) is 0.250. The van der Waals surface area contributed by atoms with E-state index in [0.717, 1.165) is 59.0 Å². The van der Waals surface area contributed by atoms with Crippen molar-refractivity contribution < 1.29 is 9.90 Å². The molecule has 3 aromatic carbocycles. The average Bonchev–Trinajstić information content (AvgIpc) is 3.25. The van der Waals surface area contributed by atoms with E-state index in [2.05, 4.69) is 49.3 Å². The molecule has 1 N–H and O–H groups in total. The van der Waals surface area contributed by atoms with Crippen LogP contribution in [0.4, 0.5) is 0 Å². The first-order chi connectivity index (χ1) is 18.8. The molecular weight excluding hydrogens is 478 g/mol. The predicted octanol–water partition coefficient (Wildman–Crippen LogP) is 8.70. The largest absolute Gasteiger partial charge is 0.506 e. The summed E-state index contributed by atoms with van der Waals surface area (Å²) < 4.78 is 2.12. The van der Waals surface area contributed by atoms with Gasteiger partial charge in [0.2, 0.25) is 5.78 Å². The Kier molecular flexibility index (Phi) is 6.18. The minimum absolute atomic E-state index is 0.0709. The van der Waals surface area contributed by atoms with Gasteiger partial charge >= 0.3 is 0 Å². The van der Waals surface area contributed by atoms with Gasteiger partial charge in [-0.2, -0.15) is 0 Å². The zero-order chi connectivity index (χ0) is 27.3. The van der Waals surface area contributed by atoms with Crippen LogP contribution in [0.3, 0.4) is 0 Å². The number of benzene rings is 3. The van der Waals surface area contributed by atoms with Crippen molar-refractivity contribution in [1.29, 1.82) is 0 Å². The summed E-state index contributed by atoms with van der Waals surface area (Å²) in [5.74, 6) is -0.0456. The van der Waals surface area contributed by atoms with E-state index in [4.69, 9.17) is 0 Å². The number of hydrogen-bond acceptors (Lipinski definition) is 2. The van der Waals surface area contributed by atoms with Gasteiger partial charge in [-0.3, -0.25) is 4.79 Å². The average molecular weight is 514 g/mol. The first-order valence-electron chi connectivity index (χ1n) is 13.9. The van der Waals surface area contributed by atoms with E-state index in [1.165, 1.54) is 23.1 Å². The van der Waals surface area contributed by atoms with Crippen molar-refractivity contribution in [3.63, 3.8) is 0 Å². The molecule has 2 aliphatic carbocycles. The molecule has 3 nitrogen and oxygen atoms in total. The summed E-state index contributed by atoms with van der Waals surface area (Å²) >= 11 is 0. The first-order valence-corrected chi connectivity index (χ1v) is 13.9. The monoisotopic (exact) mass is 513 g/mol. The van der Waals surface area contributed by atoms with Crippen molar-refractivity contribution >= 4 is 22.3 Å². The second-order valence-electron chi connectivity index (χ2n) is 11.3. The van der Waals surface area contributed by atoms with Gasteiger partial charge in [0.05, 0.1) is 16.8 Å². The summed E-state index contributed by atoms with van der Waals surface area (Å²) in [5.41, 5.74) is 9.04. The second kappa shape index (κ2) is 9.57. The van der Waals surface area contributed by atoms with Crippen molar-refractivity contribution in [3.8, 4) is 11.3 Å². The highest BCUT2D eigenvalue weighted by Crippen LogP contribution is 2.49. The molecule has 2 aliphatic rings. The molecule has 1 heterocycles. The number of aliphatic hydroxyl groups excluding tert-OH is 1. The normalized spacial score (nSPS) is 18.0. The quantitative estimate of drug-likeness (QED) is 0.271. The van der Waals surface area contributed by atoms with E-state index in [1.54, 1.807) is 0 Å². The molecule has 4 aromatic rings. The van der Waals surface area contributed by atoms with Crippen LogP contribution in [-0.2, 0) is 17.3 Å². The van der Waals surface area contributed by atoms with Gasteiger partial charge in [-0.1, -0.05) is 98.1 Å². The third-order valence-corrected chi connectivity index (χ3v) is 8.92. The number of rotatable bonds is 5. The molecule has 0 unspecified atom stereocenters. The first kappa shape index (κ1) is 25.2. The molecule has 1 fully saturated rings. The van der Waals surface area contributed by atoms with Crippen LogP contribution in [0.2, 0.25) is 0 Å². The molecule has 196 valence electrons. The Hall–Kier alpha value is -4.11. The predicted molar refractivity (Wildman–Crippen MR) is 161 cm³/mol. The Balaban J connectivity index is 1.48. The number of Topliss-reactive ketones (excluding diaryl/α,β-unsaturated/α-hetero) is 1. The number of hydrogen-bond donors (Lipinski definition) is 1. The maximum absolute atomic E-state index is 13.9. The molecule has 3 heteroatoms. The van der Waals surface area contributed by atoms with Gasteiger partial charge in [0, 0.05) is 28.9 Å². The minimum Gasteiger partial charge on any atom is -0.506 e. The molecule has 1 aromatic heterocycles. The van der Waals surface area contributed by atoms with E-state index < -0.39 is 0 Å². The molecule has 0 radical (unpaired) electrons. The van der Waals surface area contributed by atoms with Crippen LogP contribution < -0.4 is 0 Å². The Morgan fingerprint density at radius 3 is 2.36 bits per heavy atom. The lowest BCUT2D eigenvalue weighted by molar-refractivity contribution is -0.111. The van der Waals surface area contributed by atoms with Gasteiger partial charge in [-0.15, -0.1) is 0 Å². The van der Waals surface area contributed by atoms with Crippen molar-refractivity contribution in [3.05, 3.63) is 125 Å². The zero-order valence-corrected chi connectivity index (χ0v) is 23.1. The van der Waals surface area contributed by atoms with Crippen LogP contribution in [0, 0.1) is 13.8 Å². The summed E-state index contributed by atoms with van der Waals surface area (Å²) in [6.07, 6.45) is 7.37. The van der Waals surface area contributed by atoms with Gasteiger partial charge in [-0.05, 0) is 61.1 Å². The van der Waals surface area contributed by atoms with Crippen LogP contribution >= 0.6 is 0 Å². The molecule has 6 rings (SSSR count). The lowest BCUT2D eigenvalue weighted by Gasteiger charge is -2.40. The molecule has 0 amide bonds. The minimum atomic E-state index is -0.216. The maximum atomic E-state index is 13.9. The summed E-state index contributed by atoms with van der Waals surface area (Å²) in [6.45, 7) is 8.84. The highest BCUT2D eigenvalue weighted by Gasteiger charge is 2.41. The smallest absolute Gasteiger partial charge is 0.201 e. The maximum Gasteiger partial charge on any atom is 0.201 e. The number of carbonyl (C=O) groups excluding carboxylic acids is 1. The van der Waals surface area contributed by atoms with Crippen LogP contribution in [-0.4, -0.2) is 15.5 Å². The number of nitrogens with zero attached hydrogens (tertiary/aromatic N) is 1. The number of ketones is 1. The standard InChI is InChI=1S/C36H35NO2/c1-23-17-18-24(2)29(21-23)36(19-11-6-12-20-36)25(3)22-28-34(38)32(35(28)39)31-27-15-9-10-16-30(27)37(4)33(31)26-13-7-5-8-14-26/h5,7-10,13-18,21-22,38H,3,6,11-12,19-20H2,1-2,4H3/b28-22+. The Morgan fingerprint density at radius 1 is 0.949 bits per heavy atom. The van der Waals surface area contributed by atoms with Gasteiger partial charge < -0.3 is 9.67 Å². The molecule has 0 saturated heterocycles. The van der Waals surface area contributed by atoms with Gasteiger partial charge in [0.1, 0.15) is 5.76 Å². The summed E-state index contributed by atoms with van der Waals surface area (Å²) in [4.78, 5) is 13.9. The molecule has 0 spiro atoms. The van der Waals surface area contributed by atoms with Crippen LogP contribution in [0.5, 0.6) is 0 Å². The molecule has 0 aliphatic heterocycles. The van der Waals surface area contributed by atoms with Crippen LogP contribution in [0.25, 0.3) is 27.7 Å². The molecular formula is C36H35NO2. The SMILES string of the molecule is C=C(/C=C1/C(=O)C(c2c(-c3ccccc3)n(C)c3ccccc23)=C1O)C1(c2cc(C)ccc2C)CCCCC1. The summed E-state index contributed by atoms with van der Waals surface area (Å²) in [7, 11) is 2.02. The number of para-hydroxylation sites is 1. The van der Waals surface area contributed by atoms with Crippen molar-refractivity contribution in [1.82, 2.24) is 4.57 Å². The number of aliphatic hydroxyl groups is 1. The van der Waals surface area contributed by atoms with E-state index in [-0.39, 0.29) is 17.0 Å². The second-order valence-corrected chi connectivity index (χ2v) is 11.3. The zero-order valence-electron chi connectivity index (χ0n) is 23.1. The van der Waals surface area contributed by atoms with E-state index in [0.29, 0.717) is 11.1 Å². The van der Waals surface area contributed by atoms with Crippen molar-refractivity contribution in [2.75, 3.05) is 0 Å². The van der Waals surface area contributed by atoms with E-state index in [9.17, 15) is 9.90 Å². The van der Waals surface area contributed by atoms with Gasteiger partial charge in [0.15, 0.2) is 0 Å². The fourth-order valence-electron chi connectivity index (χ4n) is 6.85. The Morgan fingerprint density at radius 2 is 1.64 bits per heavy atom. The van der Waals surface area contributed by atoms with E-state index in [1.807, 2.05) is 61.7 Å². The Bertz CT molecular complexity index is 1690. The van der Waals surface area contributed by atoms with Gasteiger partial charge in [-0.25, -0.2) is 0 Å². The van der Waals surface area contributed by atoms with Gasteiger partial charge in [0.25, 0.3) is 0 Å². The topological polar surface area (TPSA) is 42.2 Å². The molecule has 0 atom stereocenters. The number of aryl methyl sites for hydroxylation is 3. The van der Waals surface area contributed by atoms with E-state index >= 15 is 0 Å². The lowest BCUT2D eigenvalue weighted by Crippen LogP contribution is -2.32. The third-order valence-electron chi connectivity index (χ3n) is 8.92. The fourth-order valence-corrected chi connectivity index (χ4v) is 6.85. The third kappa shape index (κ3) is 3.91. The Labute approximate surface area is 230 Å². The van der Waals surface area contributed by atoms with Crippen molar-refractivity contribution in [2.45, 2.75) is 51.4 Å². The number of allylic oxidation sites excluding steroid dienone is 4. The molecule has 1 saturated carbocycles. The summed E-state index contributed by atoms with van der Waals surface area (Å²) in [5, 5.41) is 12.4. The highest BCUT2D eigenvalue weighted by molar-refractivity contribution is 6.41.